The highest BCUT2D eigenvalue weighted by molar-refractivity contribution is 5.95. The number of aromatic nitrogens is 1. The normalized spacial score (nSPS) is 12.2. The highest BCUT2D eigenvalue weighted by atomic mass is 16.6. The van der Waals surface area contributed by atoms with Crippen LogP contribution in [-0.4, -0.2) is 16.6 Å². The number of benzene rings is 1. The number of carbonyl (C=O) groups excluding carboxylic acids is 1. The molecule has 0 unspecified atom stereocenters. The minimum absolute atomic E-state index is 0.322. The van der Waals surface area contributed by atoms with Gasteiger partial charge in [0.25, 0.3) is 0 Å². The maximum Gasteiger partial charge on any atom is 0.331 e. The highest BCUT2D eigenvalue weighted by Crippen LogP contribution is 2.23. The molecule has 100 valence electrons. The van der Waals surface area contributed by atoms with Crippen LogP contribution in [0.15, 0.2) is 30.5 Å². The second kappa shape index (κ2) is 4.92. The number of fused-ring (bicyclic) bond motifs is 1. The Hall–Kier alpha value is -2.03. The van der Waals surface area contributed by atoms with Gasteiger partial charge in [0.1, 0.15) is 5.60 Å². The molecule has 0 radical (unpaired) electrons. The Balaban J connectivity index is 2.26. The largest absolute Gasteiger partial charge is 0.457 e. The molecule has 0 aliphatic rings. The third-order valence-corrected chi connectivity index (χ3v) is 2.74. The third-order valence-electron chi connectivity index (χ3n) is 2.74. The van der Waals surface area contributed by atoms with Crippen molar-refractivity contribution in [3.8, 4) is 0 Å². The summed E-state index contributed by atoms with van der Waals surface area (Å²) in [4.78, 5) is 14.9. The van der Waals surface area contributed by atoms with Crippen molar-refractivity contribution in [3.05, 3.63) is 41.6 Å². The van der Waals surface area contributed by atoms with Gasteiger partial charge in [-0.05, 0) is 51.0 Å². The van der Waals surface area contributed by atoms with E-state index in [9.17, 15) is 4.79 Å². The molecule has 2 aromatic rings. The smallest absolute Gasteiger partial charge is 0.331 e. The van der Waals surface area contributed by atoms with Crippen LogP contribution in [-0.2, 0) is 9.53 Å². The summed E-state index contributed by atoms with van der Waals surface area (Å²) in [5.41, 5.74) is 2.79. The van der Waals surface area contributed by atoms with Crippen LogP contribution in [0.3, 0.4) is 0 Å². The summed E-state index contributed by atoms with van der Waals surface area (Å²) in [5, 5.41) is 1.14. The fourth-order valence-corrected chi connectivity index (χ4v) is 2.02. The number of carbonyl (C=O) groups is 1. The van der Waals surface area contributed by atoms with Crippen molar-refractivity contribution in [2.24, 2.45) is 0 Å². The summed E-state index contributed by atoms with van der Waals surface area (Å²) in [6.07, 6.45) is 5.25. The predicted molar refractivity (Wildman–Crippen MR) is 77.9 cm³/mol. The molecule has 0 saturated carbocycles. The maximum atomic E-state index is 11.7. The lowest BCUT2D eigenvalue weighted by Gasteiger charge is -2.17. The lowest BCUT2D eigenvalue weighted by molar-refractivity contribution is -0.148. The lowest BCUT2D eigenvalue weighted by Crippen LogP contribution is -2.22. The van der Waals surface area contributed by atoms with E-state index in [4.69, 9.17) is 4.74 Å². The number of rotatable bonds is 2. The number of ether oxygens (including phenoxy) is 1. The Labute approximate surface area is 113 Å². The van der Waals surface area contributed by atoms with Crippen LogP contribution < -0.4 is 0 Å². The summed E-state index contributed by atoms with van der Waals surface area (Å²) in [6.45, 7) is 7.62. The van der Waals surface area contributed by atoms with Crippen molar-refractivity contribution >= 4 is 22.9 Å². The Morgan fingerprint density at radius 1 is 1.32 bits per heavy atom. The first kappa shape index (κ1) is 13.4. The quantitative estimate of drug-likeness (QED) is 0.656. The fourth-order valence-electron chi connectivity index (χ4n) is 2.02. The van der Waals surface area contributed by atoms with E-state index >= 15 is 0 Å². The number of hydrogen-bond acceptors (Lipinski definition) is 2. The minimum Gasteiger partial charge on any atom is -0.457 e. The molecule has 0 atom stereocenters. The molecule has 19 heavy (non-hydrogen) atoms. The fraction of sp³-hybridized carbons (Fsp3) is 0.312. The van der Waals surface area contributed by atoms with Gasteiger partial charge in [-0.15, -0.1) is 0 Å². The monoisotopic (exact) mass is 257 g/mol. The minimum atomic E-state index is -0.461. The zero-order chi connectivity index (χ0) is 14.0. The number of aryl methyl sites for hydroxylation is 1. The van der Waals surface area contributed by atoms with E-state index in [-0.39, 0.29) is 5.97 Å². The standard InChI is InChI=1S/C16H19NO2/c1-11-10-17-13-7-5-6-12(15(11)13)8-9-14(18)19-16(2,3)4/h5-10,17H,1-4H3. The van der Waals surface area contributed by atoms with Crippen molar-refractivity contribution in [3.63, 3.8) is 0 Å². The van der Waals surface area contributed by atoms with E-state index in [1.54, 1.807) is 6.08 Å². The summed E-state index contributed by atoms with van der Waals surface area (Å²) >= 11 is 0. The molecule has 1 aromatic heterocycles. The molecular weight excluding hydrogens is 238 g/mol. The Bertz CT molecular complexity index is 630. The molecule has 2 rings (SSSR count). The van der Waals surface area contributed by atoms with Crippen LogP contribution in [0.4, 0.5) is 0 Å². The summed E-state index contributed by atoms with van der Waals surface area (Å²) in [6, 6.07) is 5.98. The van der Waals surface area contributed by atoms with Crippen LogP contribution in [0, 0.1) is 6.92 Å². The molecule has 0 spiro atoms. The summed E-state index contributed by atoms with van der Waals surface area (Å²) < 4.78 is 5.25. The Morgan fingerprint density at radius 2 is 2.05 bits per heavy atom. The van der Waals surface area contributed by atoms with Crippen LogP contribution in [0.2, 0.25) is 0 Å². The van der Waals surface area contributed by atoms with Crippen molar-refractivity contribution in [2.75, 3.05) is 0 Å². The number of nitrogens with one attached hydrogen (secondary N) is 1. The molecule has 0 aliphatic heterocycles. The highest BCUT2D eigenvalue weighted by Gasteiger charge is 2.14. The first-order valence-corrected chi connectivity index (χ1v) is 6.34. The second-order valence-electron chi connectivity index (χ2n) is 5.61. The van der Waals surface area contributed by atoms with E-state index in [2.05, 4.69) is 4.98 Å². The van der Waals surface area contributed by atoms with E-state index < -0.39 is 5.60 Å². The molecule has 1 N–H and O–H groups in total. The van der Waals surface area contributed by atoms with Gasteiger partial charge < -0.3 is 9.72 Å². The van der Waals surface area contributed by atoms with E-state index in [0.717, 1.165) is 16.5 Å². The molecule has 0 bridgehead atoms. The van der Waals surface area contributed by atoms with E-state index in [1.807, 2.05) is 52.1 Å². The maximum absolute atomic E-state index is 11.7. The number of esters is 1. The number of hydrogen-bond donors (Lipinski definition) is 1. The topological polar surface area (TPSA) is 42.1 Å². The zero-order valence-electron chi connectivity index (χ0n) is 11.8. The third kappa shape index (κ3) is 3.25. The molecule has 1 aromatic carbocycles. The van der Waals surface area contributed by atoms with Crippen LogP contribution >= 0.6 is 0 Å². The first-order valence-electron chi connectivity index (χ1n) is 6.34. The SMILES string of the molecule is Cc1c[nH]c2cccc(C=CC(=O)OC(C)(C)C)c12. The van der Waals surface area contributed by atoms with Gasteiger partial charge in [0, 0.05) is 23.2 Å². The molecule has 0 saturated heterocycles. The van der Waals surface area contributed by atoms with Crippen molar-refractivity contribution in [1.29, 1.82) is 0 Å². The van der Waals surface area contributed by atoms with E-state index in [1.165, 1.54) is 11.6 Å². The summed E-state index contributed by atoms with van der Waals surface area (Å²) in [7, 11) is 0. The molecule has 3 heteroatoms. The Morgan fingerprint density at radius 3 is 2.74 bits per heavy atom. The second-order valence-corrected chi connectivity index (χ2v) is 5.61. The van der Waals surface area contributed by atoms with Crippen LogP contribution in [0.1, 0.15) is 31.9 Å². The van der Waals surface area contributed by atoms with Gasteiger partial charge in [-0.3, -0.25) is 0 Å². The number of aromatic amines is 1. The predicted octanol–water partition coefficient (Wildman–Crippen LogP) is 3.83. The van der Waals surface area contributed by atoms with Crippen molar-refractivity contribution in [2.45, 2.75) is 33.3 Å². The van der Waals surface area contributed by atoms with Crippen molar-refractivity contribution in [1.82, 2.24) is 4.98 Å². The molecule has 0 aliphatic carbocycles. The molecule has 3 nitrogen and oxygen atoms in total. The molecule has 0 amide bonds. The molecule has 0 fully saturated rings. The average molecular weight is 257 g/mol. The van der Waals surface area contributed by atoms with Gasteiger partial charge in [0.2, 0.25) is 0 Å². The van der Waals surface area contributed by atoms with Gasteiger partial charge in [-0.25, -0.2) is 4.79 Å². The first-order chi connectivity index (χ1) is 8.87. The average Bonchev–Trinajstić information content (AvgIpc) is 2.67. The Kier molecular flexibility index (Phi) is 3.47. The van der Waals surface area contributed by atoms with Gasteiger partial charge in [0.15, 0.2) is 0 Å². The van der Waals surface area contributed by atoms with Gasteiger partial charge in [-0.2, -0.15) is 0 Å². The zero-order valence-corrected chi connectivity index (χ0v) is 11.8. The molecule has 1 heterocycles. The van der Waals surface area contributed by atoms with E-state index in [0.29, 0.717) is 0 Å². The van der Waals surface area contributed by atoms with Gasteiger partial charge >= 0.3 is 5.97 Å². The van der Waals surface area contributed by atoms with Gasteiger partial charge in [-0.1, -0.05) is 12.1 Å². The van der Waals surface area contributed by atoms with Crippen LogP contribution in [0.25, 0.3) is 17.0 Å². The number of H-pyrrole nitrogens is 1. The van der Waals surface area contributed by atoms with Crippen molar-refractivity contribution < 1.29 is 9.53 Å². The van der Waals surface area contributed by atoms with Gasteiger partial charge in [0.05, 0.1) is 0 Å². The lowest BCUT2D eigenvalue weighted by atomic mass is 10.1. The summed E-state index contributed by atoms with van der Waals surface area (Å²) in [5.74, 6) is -0.322. The molecular formula is C16H19NO2. The van der Waals surface area contributed by atoms with Crippen LogP contribution in [0.5, 0.6) is 0 Å².